The lowest BCUT2D eigenvalue weighted by Gasteiger charge is -2.09. The van der Waals surface area contributed by atoms with E-state index in [1.165, 1.54) is 154 Å². The van der Waals surface area contributed by atoms with E-state index in [-0.39, 0.29) is 0 Å². The minimum atomic E-state index is 0.331. The third-order valence-electron chi connectivity index (χ3n) is 7.04. The lowest BCUT2D eigenvalue weighted by atomic mass is 9.95. The summed E-state index contributed by atoms with van der Waals surface area (Å²) in [7, 11) is 0. The van der Waals surface area contributed by atoms with Gasteiger partial charge in [0.2, 0.25) is 0 Å². The largest absolute Gasteiger partial charge is 0.198 e. The third kappa shape index (κ3) is 19.2. The number of nitriles is 1. The van der Waals surface area contributed by atoms with Crippen LogP contribution in [0.5, 0.6) is 0 Å². The molecule has 0 bridgehead atoms. The van der Waals surface area contributed by atoms with Crippen molar-refractivity contribution in [2.45, 2.75) is 167 Å². The normalized spacial score (nSPS) is 23.6. The molecule has 1 aliphatic carbocycles. The van der Waals surface area contributed by atoms with Gasteiger partial charge in [0.05, 0.1) is 6.07 Å². The maximum atomic E-state index is 9.40. The fraction of sp³-hybridized carbons (Fsp3) is 0.964. The topological polar surface area (TPSA) is 23.8 Å². The summed E-state index contributed by atoms with van der Waals surface area (Å²) < 4.78 is 0. The smallest absolute Gasteiger partial charge is 0.0655 e. The highest BCUT2D eigenvalue weighted by Gasteiger charge is 2.07. The Morgan fingerprint density at radius 3 is 0.655 bits per heavy atom. The summed E-state index contributed by atoms with van der Waals surface area (Å²) in [6.07, 6.45) is 36.5. The SMILES string of the molecule is N#CC1CCCCCCCCCCCCCCCCCCCCCCCCCC1. The molecule has 1 fully saturated rings. The Balaban J connectivity index is 2.12. The molecule has 170 valence electrons. The molecule has 0 radical (unpaired) electrons. The summed E-state index contributed by atoms with van der Waals surface area (Å²) in [6.45, 7) is 0. The van der Waals surface area contributed by atoms with Crippen LogP contribution < -0.4 is 0 Å². The molecule has 0 spiro atoms. The number of rotatable bonds is 0. The molecule has 0 amide bonds. The van der Waals surface area contributed by atoms with Gasteiger partial charge in [-0.1, -0.05) is 154 Å². The predicted molar refractivity (Wildman–Crippen MR) is 129 cm³/mol. The first-order valence-corrected chi connectivity index (χ1v) is 13.8. The molecule has 0 unspecified atom stereocenters. The number of hydrogen-bond acceptors (Lipinski definition) is 1. The molecule has 0 heterocycles. The minimum Gasteiger partial charge on any atom is -0.198 e. The Labute approximate surface area is 184 Å². The van der Waals surface area contributed by atoms with Crippen molar-refractivity contribution < 1.29 is 0 Å². The van der Waals surface area contributed by atoms with Crippen molar-refractivity contribution in [3.05, 3.63) is 0 Å². The average molecular weight is 404 g/mol. The lowest BCUT2D eigenvalue weighted by molar-refractivity contribution is 0.468. The second-order valence-electron chi connectivity index (χ2n) is 9.89. The molecule has 1 aliphatic rings. The average Bonchev–Trinajstić information content (AvgIpc) is 2.74. The molecule has 0 atom stereocenters. The van der Waals surface area contributed by atoms with Gasteiger partial charge in [-0.3, -0.25) is 0 Å². The van der Waals surface area contributed by atoms with Crippen LogP contribution in [0.3, 0.4) is 0 Å². The van der Waals surface area contributed by atoms with E-state index in [1.807, 2.05) is 0 Å². The van der Waals surface area contributed by atoms with E-state index in [0.29, 0.717) is 5.92 Å². The van der Waals surface area contributed by atoms with Crippen LogP contribution in [0.1, 0.15) is 167 Å². The van der Waals surface area contributed by atoms with Gasteiger partial charge < -0.3 is 0 Å². The maximum absolute atomic E-state index is 9.40. The zero-order chi connectivity index (χ0) is 20.7. The van der Waals surface area contributed by atoms with Crippen LogP contribution in [0.15, 0.2) is 0 Å². The van der Waals surface area contributed by atoms with Crippen molar-refractivity contribution in [3.63, 3.8) is 0 Å². The van der Waals surface area contributed by atoms with Gasteiger partial charge in [-0.05, 0) is 12.8 Å². The second-order valence-corrected chi connectivity index (χ2v) is 9.89. The van der Waals surface area contributed by atoms with Gasteiger partial charge in [-0.2, -0.15) is 5.26 Å². The fourth-order valence-corrected chi connectivity index (χ4v) is 4.94. The van der Waals surface area contributed by atoms with Crippen molar-refractivity contribution >= 4 is 0 Å². The van der Waals surface area contributed by atoms with Crippen LogP contribution >= 0.6 is 0 Å². The maximum Gasteiger partial charge on any atom is 0.0655 e. The summed E-state index contributed by atoms with van der Waals surface area (Å²) >= 11 is 0. The van der Waals surface area contributed by atoms with E-state index < -0.39 is 0 Å². The molecule has 1 nitrogen and oxygen atoms in total. The predicted octanol–water partition coefficient (Wildman–Crippen LogP) is 10.3. The molecule has 0 aromatic carbocycles. The van der Waals surface area contributed by atoms with Gasteiger partial charge in [-0.25, -0.2) is 0 Å². The van der Waals surface area contributed by atoms with Crippen LogP contribution in [-0.2, 0) is 0 Å². The molecule has 1 heteroatoms. The third-order valence-corrected chi connectivity index (χ3v) is 7.04. The first-order chi connectivity index (χ1) is 14.4. The van der Waals surface area contributed by atoms with Gasteiger partial charge in [0.1, 0.15) is 0 Å². The van der Waals surface area contributed by atoms with Gasteiger partial charge in [0.15, 0.2) is 0 Å². The van der Waals surface area contributed by atoms with Gasteiger partial charge in [-0.15, -0.1) is 0 Å². The van der Waals surface area contributed by atoms with Crippen LogP contribution in [0.4, 0.5) is 0 Å². The van der Waals surface area contributed by atoms with Crippen LogP contribution in [0, 0.1) is 17.2 Å². The summed E-state index contributed by atoms with van der Waals surface area (Å²) in [6, 6.07) is 2.58. The first-order valence-electron chi connectivity index (χ1n) is 13.8. The van der Waals surface area contributed by atoms with E-state index in [1.54, 1.807) is 0 Å². The van der Waals surface area contributed by atoms with Gasteiger partial charge >= 0.3 is 0 Å². The van der Waals surface area contributed by atoms with Gasteiger partial charge in [0.25, 0.3) is 0 Å². The molecule has 0 aromatic heterocycles. The van der Waals surface area contributed by atoms with E-state index in [0.717, 1.165) is 12.8 Å². The molecule has 1 rings (SSSR count). The Morgan fingerprint density at radius 2 is 0.483 bits per heavy atom. The highest BCUT2D eigenvalue weighted by molar-refractivity contribution is 4.82. The zero-order valence-electron chi connectivity index (χ0n) is 19.9. The van der Waals surface area contributed by atoms with E-state index in [2.05, 4.69) is 6.07 Å². The van der Waals surface area contributed by atoms with Gasteiger partial charge in [0, 0.05) is 5.92 Å². The lowest BCUT2D eigenvalue weighted by Crippen LogP contribution is -1.97. The van der Waals surface area contributed by atoms with Crippen LogP contribution in [-0.4, -0.2) is 0 Å². The number of hydrogen-bond donors (Lipinski definition) is 0. The summed E-state index contributed by atoms with van der Waals surface area (Å²) in [4.78, 5) is 0. The summed E-state index contributed by atoms with van der Waals surface area (Å²) in [5.74, 6) is 0.331. The number of nitrogens with zero attached hydrogens (tertiary/aromatic N) is 1. The standard InChI is InChI=1S/C28H53N/c29-27-28-25-23-21-19-17-15-13-11-9-7-5-3-1-2-4-6-8-10-12-14-16-18-20-22-24-26-28/h28H,1-26H2. The molecule has 0 saturated heterocycles. The molecule has 0 aliphatic heterocycles. The Kier molecular flexibility index (Phi) is 20.3. The second kappa shape index (κ2) is 22.2. The minimum absolute atomic E-state index is 0.331. The van der Waals surface area contributed by atoms with Crippen molar-refractivity contribution in [3.8, 4) is 6.07 Å². The quantitative estimate of drug-likeness (QED) is 0.394. The summed E-state index contributed by atoms with van der Waals surface area (Å²) in [5, 5.41) is 9.40. The molecular weight excluding hydrogens is 350 g/mol. The zero-order valence-corrected chi connectivity index (χ0v) is 19.9. The van der Waals surface area contributed by atoms with Crippen molar-refractivity contribution in [1.82, 2.24) is 0 Å². The fourth-order valence-electron chi connectivity index (χ4n) is 4.94. The Bertz CT molecular complexity index is 328. The molecule has 29 heavy (non-hydrogen) atoms. The van der Waals surface area contributed by atoms with Crippen molar-refractivity contribution in [1.29, 1.82) is 5.26 Å². The molecular formula is C28H53N. The molecule has 1 saturated carbocycles. The van der Waals surface area contributed by atoms with Crippen LogP contribution in [0.2, 0.25) is 0 Å². The van der Waals surface area contributed by atoms with E-state index in [4.69, 9.17) is 0 Å². The van der Waals surface area contributed by atoms with Crippen LogP contribution in [0.25, 0.3) is 0 Å². The van der Waals surface area contributed by atoms with E-state index in [9.17, 15) is 5.26 Å². The molecule has 0 N–H and O–H groups in total. The van der Waals surface area contributed by atoms with Crippen molar-refractivity contribution in [2.75, 3.05) is 0 Å². The summed E-state index contributed by atoms with van der Waals surface area (Å²) in [5.41, 5.74) is 0. The highest BCUT2D eigenvalue weighted by Crippen LogP contribution is 2.20. The van der Waals surface area contributed by atoms with E-state index >= 15 is 0 Å². The first kappa shape index (κ1) is 26.5. The monoisotopic (exact) mass is 403 g/mol. The van der Waals surface area contributed by atoms with Crippen molar-refractivity contribution in [2.24, 2.45) is 5.92 Å². The molecule has 0 aromatic rings. The Morgan fingerprint density at radius 1 is 0.310 bits per heavy atom. The Hall–Kier alpha value is -0.510. The highest BCUT2D eigenvalue weighted by atomic mass is 14.3.